The van der Waals surface area contributed by atoms with Gasteiger partial charge in [0.15, 0.2) is 0 Å². The number of aromatic nitrogens is 4. The van der Waals surface area contributed by atoms with E-state index < -0.39 is 0 Å². The van der Waals surface area contributed by atoms with Gasteiger partial charge in [-0.15, -0.1) is 11.3 Å². The predicted molar refractivity (Wildman–Crippen MR) is 134 cm³/mol. The second-order valence-electron chi connectivity index (χ2n) is 10.6. The molecule has 3 fully saturated rings. The number of nitrogens with one attached hydrogen (secondary N) is 2. The van der Waals surface area contributed by atoms with Crippen LogP contribution < -0.4 is 10.6 Å². The molecule has 8 nitrogen and oxygen atoms in total. The normalized spacial score (nSPS) is 23.7. The second kappa shape index (κ2) is 8.70. The zero-order chi connectivity index (χ0) is 23.3. The van der Waals surface area contributed by atoms with Crippen LogP contribution >= 0.6 is 11.3 Å². The van der Waals surface area contributed by atoms with Crippen LogP contribution in [-0.2, 0) is 4.74 Å². The van der Waals surface area contributed by atoms with Crippen molar-refractivity contribution < 1.29 is 9.84 Å². The summed E-state index contributed by atoms with van der Waals surface area (Å²) in [6.45, 7) is 6.80. The summed E-state index contributed by atoms with van der Waals surface area (Å²) in [6.07, 6.45) is 7.33. The molecule has 6 rings (SSSR count). The Morgan fingerprint density at radius 1 is 1.18 bits per heavy atom. The Morgan fingerprint density at radius 2 is 2.03 bits per heavy atom. The van der Waals surface area contributed by atoms with Crippen LogP contribution in [0.25, 0.3) is 20.8 Å². The van der Waals surface area contributed by atoms with Crippen LogP contribution in [0.5, 0.6) is 0 Å². The zero-order valence-electron chi connectivity index (χ0n) is 19.8. The fourth-order valence-electron chi connectivity index (χ4n) is 5.06. The first-order valence-electron chi connectivity index (χ1n) is 12.3. The molecule has 9 heteroatoms. The van der Waals surface area contributed by atoms with Gasteiger partial charge >= 0.3 is 0 Å². The summed E-state index contributed by atoms with van der Waals surface area (Å²) in [6, 6.07) is 2.35. The summed E-state index contributed by atoms with van der Waals surface area (Å²) in [4.78, 5) is 19.5. The quantitative estimate of drug-likeness (QED) is 0.437. The van der Waals surface area contributed by atoms with Crippen molar-refractivity contribution in [2.75, 3.05) is 37.0 Å². The number of fused-ring (bicyclic) bond motifs is 1. The molecule has 3 N–H and O–H groups in total. The van der Waals surface area contributed by atoms with Gasteiger partial charge in [0, 0.05) is 36.7 Å². The molecule has 1 aliphatic heterocycles. The fraction of sp³-hybridized carbons (Fsp3) is 0.600. The van der Waals surface area contributed by atoms with Gasteiger partial charge in [0.2, 0.25) is 5.95 Å². The minimum Gasteiger partial charge on any atom is -0.396 e. The van der Waals surface area contributed by atoms with E-state index in [9.17, 15) is 5.11 Å². The summed E-state index contributed by atoms with van der Waals surface area (Å²) in [7, 11) is 0. The molecule has 1 saturated heterocycles. The third-order valence-electron chi connectivity index (χ3n) is 7.32. The van der Waals surface area contributed by atoms with Gasteiger partial charge in [0.05, 0.1) is 34.9 Å². The smallest absolute Gasteiger partial charge is 0.224 e. The van der Waals surface area contributed by atoms with E-state index >= 15 is 0 Å². The van der Waals surface area contributed by atoms with Gasteiger partial charge in [-0.1, -0.05) is 6.92 Å². The van der Waals surface area contributed by atoms with Crippen molar-refractivity contribution in [1.82, 2.24) is 19.9 Å². The third kappa shape index (κ3) is 4.25. The van der Waals surface area contributed by atoms with E-state index in [-0.39, 0.29) is 18.1 Å². The molecule has 3 aromatic rings. The summed E-state index contributed by atoms with van der Waals surface area (Å²) in [5.74, 6) is 2.37. The van der Waals surface area contributed by atoms with E-state index in [0.29, 0.717) is 17.8 Å². The van der Waals surface area contributed by atoms with Crippen molar-refractivity contribution in [3.05, 3.63) is 23.7 Å². The first kappa shape index (κ1) is 22.1. The summed E-state index contributed by atoms with van der Waals surface area (Å²) in [5, 5.41) is 17.7. The Labute approximate surface area is 203 Å². The molecule has 0 aromatic carbocycles. The van der Waals surface area contributed by atoms with Crippen molar-refractivity contribution in [2.24, 2.45) is 11.3 Å². The highest BCUT2D eigenvalue weighted by atomic mass is 32.1. The SMILES string of the molecule is Cc1nc(NCC2(C)COC2)nc(NC2CCC(CO)C2)c1-c1nc2c(C3CC3)nccc2s1. The molecule has 0 spiro atoms. The maximum Gasteiger partial charge on any atom is 0.224 e. The Hall–Kier alpha value is -2.36. The number of rotatable bonds is 8. The number of aliphatic hydroxyl groups is 1. The Balaban J connectivity index is 1.36. The number of thiazole rings is 1. The van der Waals surface area contributed by atoms with Crippen molar-refractivity contribution in [3.63, 3.8) is 0 Å². The van der Waals surface area contributed by atoms with E-state index in [1.165, 1.54) is 17.5 Å². The van der Waals surface area contributed by atoms with Crippen molar-refractivity contribution in [3.8, 4) is 10.6 Å². The molecule has 3 aliphatic rings. The van der Waals surface area contributed by atoms with Gasteiger partial charge in [-0.2, -0.15) is 4.98 Å². The van der Waals surface area contributed by atoms with E-state index in [4.69, 9.17) is 19.7 Å². The molecule has 3 aromatic heterocycles. The number of hydrogen-bond donors (Lipinski definition) is 3. The number of anilines is 2. The van der Waals surface area contributed by atoms with Gasteiger partial charge in [-0.25, -0.2) is 9.97 Å². The lowest BCUT2D eigenvalue weighted by molar-refractivity contribution is -0.0925. The highest BCUT2D eigenvalue weighted by Crippen LogP contribution is 2.44. The molecule has 2 atom stereocenters. The number of ether oxygens (including phenoxy) is 1. The summed E-state index contributed by atoms with van der Waals surface area (Å²) < 4.78 is 6.56. The second-order valence-corrected chi connectivity index (χ2v) is 11.6. The van der Waals surface area contributed by atoms with Crippen LogP contribution in [0, 0.1) is 18.3 Å². The Bertz CT molecular complexity index is 1210. The van der Waals surface area contributed by atoms with E-state index in [0.717, 1.165) is 72.3 Å². The van der Waals surface area contributed by atoms with Crippen LogP contribution in [-0.4, -0.2) is 57.4 Å². The molecule has 180 valence electrons. The lowest BCUT2D eigenvalue weighted by Gasteiger charge is -2.38. The number of aliphatic hydroxyl groups excluding tert-OH is 1. The molecule has 0 radical (unpaired) electrons. The van der Waals surface area contributed by atoms with Gasteiger partial charge < -0.3 is 20.5 Å². The highest BCUT2D eigenvalue weighted by Gasteiger charge is 2.34. The molecule has 2 unspecified atom stereocenters. The largest absolute Gasteiger partial charge is 0.396 e. The van der Waals surface area contributed by atoms with E-state index in [2.05, 4.69) is 28.6 Å². The highest BCUT2D eigenvalue weighted by molar-refractivity contribution is 7.21. The molecule has 34 heavy (non-hydrogen) atoms. The standard InChI is InChI=1S/C25H32N6O2S/c1-14-19(23-30-21-18(34-23)7-8-26-20(21)16-4-5-16)22(29-17-6-3-15(9-17)10-32)31-24(28-14)27-11-25(2)12-33-13-25/h7-8,15-17,32H,3-6,9-13H2,1-2H3,(H2,27,28,29,31). The number of nitrogens with zero attached hydrogens (tertiary/aromatic N) is 4. The summed E-state index contributed by atoms with van der Waals surface area (Å²) >= 11 is 1.69. The lowest BCUT2D eigenvalue weighted by Crippen LogP contribution is -2.45. The number of aryl methyl sites for hydroxylation is 1. The van der Waals surface area contributed by atoms with Gasteiger partial charge in [0.1, 0.15) is 16.3 Å². The number of hydrogen-bond acceptors (Lipinski definition) is 9. The molecule has 0 bridgehead atoms. The minimum atomic E-state index is 0.128. The molecular formula is C25H32N6O2S. The molecule has 2 saturated carbocycles. The van der Waals surface area contributed by atoms with Gasteiger partial charge in [-0.3, -0.25) is 4.98 Å². The topological polar surface area (TPSA) is 105 Å². The van der Waals surface area contributed by atoms with E-state index in [1.807, 2.05) is 13.1 Å². The maximum atomic E-state index is 9.61. The third-order valence-corrected chi connectivity index (χ3v) is 8.36. The first-order chi connectivity index (χ1) is 16.5. The molecule has 2 aliphatic carbocycles. The van der Waals surface area contributed by atoms with Crippen LogP contribution in [0.3, 0.4) is 0 Å². The monoisotopic (exact) mass is 480 g/mol. The Morgan fingerprint density at radius 3 is 2.74 bits per heavy atom. The van der Waals surface area contributed by atoms with Crippen LogP contribution in [0.2, 0.25) is 0 Å². The molecular weight excluding hydrogens is 448 g/mol. The van der Waals surface area contributed by atoms with Crippen LogP contribution in [0.4, 0.5) is 11.8 Å². The van der Waals surface area contributed by atoms with Crippen LogP contribution in [0.1, 0.15) is 56.3 Å². The van der Waals surface area contributed by atoms with E-state index in [1.54, 1.807) is 11.3 Å². The molecule has 4 heterocycles. The van der Waals surface area contributed by atoms with Gasteiger partial charge in [-0.05, 0) is 51.0 Å². The first-order valence-corrected chi connectivity index (χ1v) is 13.2. The van der Waals surface area contributed by atoms with Crippen molar-refractivity contribution in [2.45, 2.75) is 57.9 Å². The van der Waals surface area contributed by atoms with Crippen molar-refractivity contribution in [1.29, 1.82) is 0 Å². The van der Waals surface area contributed by atoms with Crippen molar-refractivity contribution >= 4 is 33.3 Å². The maximum absolute atomic E-state index is 9.61. The van der Waals surface area contributed by atoms with Crippen LogP contribution in [0.15, 0.2) is 12.3 Å². The zero-order valence-corrected chi connectivity index (χ0v) is 20.6. The minimum absolute atomic E-state index is 0.128. The summed E-state index contributed by atoms with van der Waals surface area (Å²) in [5.41, 5.74) is 4.16. The lowest BCUT2D eigenvalue weighted by atomic mass is 9.89. The average Bonchev–Trinajstić information content (AvgIpc) is 3.40. The predicted octanol–water partition coefficient (Wildman–Crippen LogP) is 4.36. The Kier molecular flexibility index (Phi) is 5.66. The number of pyridine rings is 1. The molecule has 0 amide bonds. The average molecular weight is 481 g/mol. The fourth-order valence-corrected chi connectivity index (χ4v) is 6.13. The van der Waals surface area contributed by atoms with Gasteiger partial charge in [0.25, 0.3) is 0 Å².